The molecule has 0 spiro atoms. The summed E-state index contributed by atoms with van der Waals surface area (Å²) in [5.74, 6) is 1.47. The Morgan fingerprint density at radius 2 is 2.00 bits per heavy atom. The molecule has 0 radical (unpaired) electrons. The molecule has 4 rings (SSSR count). The van der Waals surface area contributed by atoms with Crippen LogP contribution in [0.4, 0.5) is 5.82 Å². The molecule has 136 valence electrons. The molecule has 3 aromatic rings. The van der Waals surface area contributed by atoms with Crippen LogP contribution >= 0.6 is 0 Å². The molecule has 1 N–H and O–H groups in total. The largest absolute Gasteiger partial charge is 0.598 e. The van der Waals surface area contributed by atoms with Crippen molar-refractivity contribution in [2.24, 2.45) is 0 Å². The van der Waals surface area contributed by atoms with E-state index >= 15 is 0 Å². The van der Waals surface area contributed by atoms with E-state index in [9.17, 15) is 8.76 Å². The summed E-state index contributed by atoms with van der Waals surface area (Å²) in [5, 5.41) is 13.1. The lowest BCUT2D eigenvalue weighted by Gasteiger charge is -2.33. The van der Waals surface area contributed by atoms with Gasteiger partial charge in [-0.05, 0) is 25.0 Å². The number of hydrogen-bond donors (Lipinski definition) is 1. The Kier molecular flexibility index (Phi) is 4.43. The fourth-order valence-corrected chi connectivity index (χ4v) is 4.10. The molecule has 0 bridgehead atoms. The van der Waals surface area contributed by atoms with E-state index < -0.39 is 10.4 Å². The fourth-order valence-electron chi connectivity index (χ4n) is 3.30. The van der Waals surface area contributed by atoms with Gasteiger partial charge < -0.3 is 9.45 Å². The summed E-state index contributed by atoms with van der Waals surface area (Å²) in [6.07, 6.45) is 2.92. The van der Waals surface area contributed by atoms with E-state index in [-0.39, 0.29) is 6.04 Å². The van der Waals surface area contributed by atoms with Crippen LogP contribution < -0.4 is 9.62 Å². The van der Waals surface area contributed by atoms with Gasteiger partial charge in [0.25, 0.3) is 0 Å². The minimum absolute atomic E-state index is 0.106. The number of rotatable bonds is 4. The molecule has 0 aliphatic carbocycles. The highest BCUT2D eigenvalue weighted by Gasteiger charge is 2.25. The number of nitrogens with zero attached hydrogens (tertiary/aromatic N) is 5. The highest BCUT2D eigenvalue weighted by molar-refractivity contribution is 7.95. The molecule has 3 heterocycles. The summed E-state index contributed by atoms with van der Waals surface area (Å²) in [6, 6.07) is 13.5. The summed E-state index contributed by atoms with van der Waals surface area (Å²) in [6.45, 7) is 1.43. The van der Waals surface area contributed by atoms with E-state index in [0.29, 0.717) is 18.0 Å². The van der Waals surface area contributed by atoms with Crippen LogP contribution in [0.25, 0.3) is 17.0 Å². The first-order valence-corrected chi connectivity index (χ1v) is 10.4. The predicted octanol–water partition coefficient (Wildman–Crippen LogP) is 1.52. The van der Waals surface area contributed by atoms with Crippen molar-refractivity contribution < 1.29 is 8.76 Å². The van der Waals surface area contributed by atoms with Gasteiger partial charge in [-0.3, -0.25) is 0 Å². The summed E-state index contributed by atoms with van der Waals surface area (Å²) >= 11 is 0. The number of piperidine rings is 1. The standard InChI is InChI=1S/C17H20N6O2S/c1-26(24,25)21-14-8-5-11-22(12-14)16-10-9-15-18-19-17(23(15)20-16)13-6-3-2-4-7-13/h2-4,6-7,9-10,14H,5,8,11-12H2,1H3,(H-,21,24,25). The second-order valence-electron chi connectivity index (χ2n) is 6.53. The molecule has 1 aliphatic rings. The fraction of sp³-hybridized carbons (Fsp3) is 0.353. The van der Waals surface area contributed by atoms with Gasteiger partial charge in [0.1, 0.15) is 22.5 Å². The lowest BCUT2D eigenvalue weighted by atomic mass is 10.1. The molecule has 26 heavy (non-hydrogen) atoms. The maximum atomic E-state index is 11.5. The van der Waals surface area contributed by atoms with Gasteiger partial charge in [-0.25, -0.2) is 0 Å². The first-order valence-electron chi connectivity index (χ1n) is 8.50. The lowest BCUT2D eigenvalue weighted by molar-refractivity contribution is 0.426. The number of anilines is 1. The average Bonchev–Trinajstić information content (AvgIpc) is 3.04. The second-order valence-corrected chi connectivity index (χ2v) is 8.31. The number of aromatic nitrogens is 4. The molecule has 2 unspecified atom stereocenters. The van der Waals surface area contributed by atoms with Crippen molar-refractivity contribution in [3.63, 3.8) is 0 Å². The highest BCUT2D eigenvalue weighted by atomic mass is 32.3. The highest BCUT2D eigenvalue weighted by Crippen LogP contribution is 2.22. The van der Waals surface area contributed by atoms with Crippen LogP contribution in [-0.4, -0.2) is 49.8 Å². The Balaban J connectivity index is 1.64. The van der Waals surface area contributed by atoms with Gasteiger partial charge in [0.2, 0.25) is 0 Å². The van der Waals surface area contributed by atoms with E-state index in [1.165, 1.54) is 6.26 Å². The quantitative estimate of drug-likeness (QED) is 0.697. The van der Waals surface area contributed by atoms with E-state index in [1.807, 2.05) is 42.5 Å². The van der Waals surface area contributed by atoms with Crippen molar-refractivity contribution in [1.29, 1.82) is 0 Å². The summed E-state index contributed by atoms with van der Waals surface area (Å²) in [5.41, 5.74) is 1.62. The van der Waals surface area contributed by atoms with Crippen molar-refractivity contribution in [3.05, 3.63) is 42.5 Å². The van der Waals surface area contributed by atoms with Crippen LogP contribution in [0.2, 0.25) is 0 Å². The maximum Gasteiger partial charge on any atom is 0.185 e. The Labute approximate surface area is 152 Å². The Morgan fingerprint density at radius 1 is 1.19 bits per heavy atom. The molecule has 2 atom stereocenters. The van der Waals surface area contributed by atoms with Crippen LogP contribution in [0, 0.1) is 0 Å². The minimum atomic E-state index is -3.22. The number of benzene rings is 1. The van der Waals surface area contributed by atoms with Crippen molar-refractivity contribution in [2.45, 2.75) is 18.9 Å². The average molecular weight is 372 g/mol. The number of fused-ring (bicyclic) bond motifs is 1. The molecule has 0 saturated carbocycles. The van der Waals surface area contributed by atoms with Crippen LogP contribution in [0.3, 0.4) is 0 Å². The summed E-state index contributed by atoms with van der Waals surface area (Å²) in [4.78, 5) is 2.10. The number of sulfonamides is 1. The number of hydrogen-bond acceptors (Lipinski definition) is 6. The van der Waals surface area contributed by atoms with Crippen LogP contribution in [0.1, 0.15) is 12.8 Å². The van der Waals surface area contributed by atoms with Gasteiger partial charge in [-0.1, -0.05) is 34.5 Å². The lowest BCUT2D eigenvalue weighted by Crippen LogP contribution is -2.49. The maximum absolute atomic E-state index is 11.5. The molecule has 1 saturated heterocycles. The van der Waals surface area contributed by atoms with E-state index in [2.05, 4.69) is 19.8 Å². The van der Waals surface area contributed by atoms with Crippen LogP contribution in [0.5, 0.6) is 0 Å². The first kappa shape index (κ1) is 17.1. The van der Waals surface area contributed by atoms with Crippen molar-refractivity contribution in [2.75, 3.05) is 24.2 Å². The van der Waals surface area contributed by atoms with Gasteiger partial charge in [-0.15, -0.1) is 20.0 Å². The Bertz CT molecular complexity index is 954. The van der Waals surface area contributed by atoms with Gasteiger partial charge in [0.15, 0.2) is 11.5 Å². The molecule has 9 heteroatoms. The van der Waals surface area contributed by atoms with E-state index in [0.717, 1.165) is 30.8 Å². The third-order valence-corrected chi connectivity index (χ3v) is 5.17. The van der Waals surface area contributed by atoms with Gasteiger partial charge in [0.05, 0.1) is 6.04 Å². The summed E-state index contributed by atoms with van der Waals surface area (Å²) in [7, 11) is -3.22. The van der Waals surface area contributed by atoms with Gasteiger partial charge in [0, 0.05) is 18.7 Å². The zero-order chi connectivity index (χ0) is 18.1. The molecule has 2 aromatic heterocycles. The zero-order valence-corrected chi connectivity index (χ0v) is 15.2. The molecule has 8 nitrogen and oxygen atoms in total. The topological polar surface area (TPSA) is 98.5 Å². The monoisotopic (exact) mass is 372 g/mol. The Hall–Kier alpha value is -2.36. The van der Waals surface area contributed by atoms with Gasteiger partial charge in [-0.2, -0.15) is 4.52 Å². The minimum Gasteiger partial charge on any atom is -0.598 e. The molecular formula is C17H20N6O2S. The zero-order valence-electron chi connectivity index (χ0n) is 14.4. The SMILES string of the molecule is C[S+](=O)([O-])NC1CCCN(c2ccc3nnc(-c4ccccc4)n3n2)C1. The second kappa shape index (κ2) is 6.75. The first-order chi connectivity index (χ1) is 12.5. The molecule has 1 aromatic carbocycles. The third kappa shape index (κ3) is 3.59. The molecule has 1 fully saturated rings. The van der Waals surface area contributed by atoms with Crippen LogP contribution in [0.15, 0.2) is 42.5 Å². The smallest absolute Gasteiger partial charge is 0.185 e. The molecule has 0 amide bonds. The Morgan fingerprint density at radius 3 is 2.77 bits per heavy atom. The van der Waals surface area contributed by atoms with E-state index in [1.54, 1.807) is 4.52 Å². The normalized spacial score (nSPS) is 20.2. The molecular weight excluding hydrogens is 352 g/mol. The van der Waals surface area contributed by atoms with Crippen molar-refractivity contribution in [1.82, 2.24) is 24.5 Å². The predicted molar refractivity (Wildman–Crippen MR) is 99.3 cm³/mol. The number of nitrogens with one attached hydrogen (secondary N) is 1. The van der Waals surface area contributed by atoms with E-state index in [4.69, 9.17) is 5.10 Å². The third-order valence-electron chi connectivity index (χ3n) is 4.41. The van der Waals surface area contributed by atoms with Crippen molar-refractivity contribution >= 4 is 21.9 Å². The van der Waals surface area contributed by atoms with Crippen LogP contribution in [-0.2, 0) is 14.6 Å². The van der Waals surface area contributed by atoms with Gasteiger partial charge >= 0.3 is 0 Å². The summed E-state index contributed by atoms with van der Waals surface area (Å²) < 4.78 is 27.5. The van der Waals surface area contributed by atoms with Crippen molar-refractivity contribution in [3.8, 4) is 11.4 Å². The molecule has 1 aliphatic heterocycles.